The quantitative estimate of drug-likeness (QED) is 0.582. The zero-order valence-corrected chi connectivity index (χ0v) is 6.40. The lowest BCUT2D eigenvalue weighted by molar-refractivity contribution is 1.51. The van der Waals surface area contributed by atoms with Gasteiger partial charge >= 0.3 is 0 Å². The van der Waals surface area contributed by atoms with Crippen molar-refractivity contribution < 1.29 is 0 Å². The van der Waals surface area contributed by atoms with Crippen molar-refractivity contribution in [1.82, 2.24) is 4.37 Å². The Hall–Kier alpha value is -0.630. The van der Waals surface area contributed by atoms with Crippen molar-refractivity contribution >= 4 is 17.1 Å². The van der Waals surface area contributed by atoms with E-state index in [2.05, 4.69) is 22.8 Å². The topological polar surface area (TPSA) is 12.9 Å². The molecule has 48 valence electrons. The van der Waals surface area contributed by atoms with Crippen LogP contribution in [0.3, 0.4) is 0 Å². The van der Waals surface area contributed by atoms with Crippen LogP contribution in [-0.4, -0.2) is 4.37 Å². The maximum atomic E-state index is 3.99. The van der Waals surface area contributed by atoms with Gasteiger partial charge in [-0.05, 0) is 31.0 Å². The zero-order chi connectivity index (χ0) is 6.69. The molecule has 0 unspecified atom stereocenters. The normalized spacial score (nSPS) is 12.0. The van der Waals surface area contributed by atoms with Crippen LogP contribution in [0.25, 0.3) is 5.57 Å². The summed E-state index contributed by atoms with van der Waals surface area (Å²) in [5, 5.41) is 2.05. The minimum atomic E-state index is 1.24. The summed E-state index contributed by atoms with van der Waals surface area (Å²) in [5.74, 6) is 0. The highest BCUT2D eigenvalue weighted by Crippen LogP contribution is 2.13. The van der Waals surface area contributed by atoms with Gasteiger partial charge in [0.15, 0.2) is 0 Å². The highest BCUT2D eigenvalue weighted by atomic mass is 32.1. The van der Waals surface area contributed by atoms with Crippen LogP contribution in [0.2, 0.25) is 0 Å². The molecule has 0 bridgehead atoms. The monoisotopic (exact) mass is 139 g/mol. The second-order valence-electron chi connectivity index (χ2n) is 1.88. The lowest BCUT2D eigenvalue weighted by atomic mass is 10.2. The summed E-state index contributed by atoms with van der Waals surface area (Å²) in [7, 11) is 0. The number of hydrogen-bond acceptors (Lipinski definition) is 2. The SMILES string of the molecule is C/C=C(\C)c1cnsc1. The van der Waals surface area contributed by atoms with Gasteiger partial charge in [-0.15, -0.1) is 0 Å². The summed E-state index contributed by atoms with van der Waals surface area (Å²) in [4.78, 5) is 0. The number of nitrogens with zero attached hydrogens (tertiary/aromatic N) is 1. The zero-order valence-electron chi connectivity index (χ0n) is 5.59. The number of aromatic nitrogens is 1. The molecule has 0 aliphatic heterocycles. The lowest BCUT2D eigenvalue weighted by Gasteiger charge is -1.89. The van der Waals surface area contributed by atoms with E-state index in [1.165, 1.54) is 22.7 Å². The fourth-order valence-electron chi connectivity index (χ4n) is 0.566. The van der Waals surface area contributed by atoms with E-state index in [0.717, 1.165) is 0 Å². The predicted octanol–water partition coefficient (Wildman–Crippen LogP) is 2.57. The summed E-state index contributed by atoms with van der Waals surface area (Å²) in [6.07, 6.45) is 3.98. The number of allylic oxidation sites excluding steroid dienone is 2. The van der Waals surface area contributed by atoms with E-state index in [4.69, 9.17) is 0 Å². The Morgan fingerprint density at radius 1 is 1.78 bits per heavy atom. The third-order valence-electron chi connectivity index (χ3n) is 1.32. The molecule has 0 atom stereocenters. The molecule has 0 N–H and O–H groups in total. The molecule has 9 heavy (non-hydrogen) atoms. The lowest BCUT2D eigenvalue weighted by Crippen LogP contribution is -1.69. The first-order chi connectivity index (χ1) is 4.34. The van der Waals surface area contributed by atoms with Crippen molar-refractivity contribution in [2.45, 2.75) is 13.8 Å². The molecule has 0 amide bonds. The predicted molar refractivity (Wildman–Crippen MR) is 41.4 cm³/mol. The summed E-state index contributed by atoms with van der Waals surface area (Å²) in [6, 6.07) is 0. The van der Waals surface area contributed by atoms with Crippen molar-refractivity contribution in [3.05, 3.63) is 23.2 Å². The van der Waals surface area contributed by atoms with E-state index in [1.807, 2.05) is 13.1 Å². The molecule has 1 aromatic heterocycles. The first-order valence-electron chi connectivity index (χ1n) is 2.87. The fraction of sp³-hybridized carbons (Fsp3) is 0.286. The van der Waals surface area contributed by atoms with E-state index in [1.54, 1.807) is 0 Å². The molecular formula is C7H9NS. The summed E-state index contributed by atoms with van der Waals surface area (Å²) in [5.41, 5.74) is 2.53. The first-order valence-corrected chi connectivity index (χ1v) is 3.71. The van der Waals surface area contributed by atoms with Crippen molar-refractivity contribution in [2.24, 2.45) is 0 Å². The van der Waals surface area contributed by atoms with Gasteiger partial charge in [-0.1, -0.05) is 6.08 Å². The van der Waals surface area contributed by atoms with Gasteiger partial charge in [-0.2, -0.15) is 0 Å². The minimum absolute atomic E-state index is 1.24. The van der Waals surface area contributed by atoms with E-state index >= 15 is 0 Å². The first kappa shape index (κ1) is 6.49. The summed E-state index contributed by atoms with van der Waals surface area (Å²) in [6.45, 7) is 4.12. The van der Waals surface area contributed by atoms with Gasteiger partial charge in [0.2, 0.25) is 0 Å². The Morgan fingerprint density at radius 3 is 3.00 bits per heavy atom. The van der Waals surface area contributed by atoms with Crippen molar-refractivity contribution in [2.75, 3.05) is 0 Å². The van der Waals surface area contributed by atoms with E-state index in [0.29, 0.717) is 0 Å². The highest BCUT2D eigenvalue weighted by Gasteiger charge is 1.92. The molecule has 0 aliphatic carbocycles. The molecule has 0 fully saturated rings. The van der Waals surface area contributed by atoms with Crippen molar-refractivity contribution in [3.63, 3.8) is 0 Å². The minimum Gasteiger partial charge on any atom is -0.201 e. The summed E-state index contributed by atoms with van der Waals surface area (Å²) < 4.78 is 3.99. The smallest absolute Gasteiger partial charge is 0.0481 e. The van der Waals surface area contributed by atoms with E-state index in [9.17, 15) is 0 Å². The second-order valence-corrected chi connectivity index (χ2v) is 2.54. The molecule has 0 aliphatic rings. The van der Waals surface area contributed by atoms with Crippen LogP contribution in [0.15, 0.2) is 17.7 Å². The van der Waals surface area contributed by atoms with Crippen molar-refractivity contribution in [1.29, 1.82) is 0 Å². The Kier molecular flexibility index (Phi) is 2.01. The standard InChI is InChI=1S/C7H9NS/c1-3-6(2)7-4-8-9-5-7/h3-5H,1-2H3/b6-3+. The molecule has 1 rings (SSSR count). The molecule has 1 aromatic rings. The van der Waals surface area contributed by atoms with Gasteiger partial charge in [0, 0.05) is 17.1 Å². The van der Waals surface area contributed by atoms with Gasteiger partial charge in [0.05, 0.1) is 0 Å². The Bertz CT molecular complexity index is 199. The van der Waals surface area contributed by atoms with Crippen LogP contribution in [0.1, 0.15) is 19.4 Å². The van der Waals surface area contributed by atoms with Crippen LogP contribution < -0.4 is 0 Å². The third kappa shape index (κ3) is 1.39. The Labute approximate surface area is 59.2 Å². The van der Waals surface area contributed by atoms with E-state index < -0.39 is 0 Å². The summed E-state index contributed by atoms with van der Waals surface area (Å²) >= 11 is 1.49. The molecule has 0 radical (unpaired) electrons. The van der Waals surface area contributed by atoms with Crippen LogP contribution in [0.5, 0.6) is 0 Å². The molecule has 0 saturated carbocycles. The molecule has 0 aromatic carbocycles. The van der Waals surface area contributed by atoms with Gasteiger partial charge in [-0.25, -0.2) is 4.37 Å². The van der Waals surface area contributed by atoms with Gasteiger partial charge in [0.1, 0.15) is 0 Å². The van der Waals surface area contributed by atoms with E-state index in [-0.39, 0.29) is 0 Å². The van der Waals surface area contributed by atoms with Crippen molar-refractivity contribution in [3.8, 4) is 0 Å². The maximum Gasteiger partial charge on any atom is 0.0481 e. The molecule has 0 spiro atoms. The fourth-order valence-corrected chi connectivity index (χ4v) is 1.16. The van der Waals surface area contributed by atoms with Gasteiger partial charge < -0.3 is 0 Å². The third-order valence-corrected chi connectivity index (χ3v) is 1.91. The second kappa shape index (κ2) is 2.78. The molecular weight excluding hydrogens is 130 g/mol. The average molecular weight is 139 g/mol. The number of rotatable bonds is 1. The molecule has 0 saturated heterocycles. The molecule has 1 heterocycles. The van der Waals surface area contributed by atoms with Crippen LogP contribution in [0.4, 0.5) is 0 Å². The van der Waals surface area contributed by atoms with Crippen LogP contribution in [0, 0.1) is 0 Å². The largest absolute Gasteiger partial charge is 0.201 e. The van der Waals surface area contributed by atoms with Crippen LogP contribution >= 0.6 is 11.5 Å². The molecule has 1 nitrogen and oxygen atoms in total. The average Bonchev–Trinajstić information content (AvgIpc) is 2.37. The Morgan fingerprint density at radius 2 is 2.56 bits per heavy atom. The Balaban J connectivity index is 2.90. The maximum absolute atomic E-state index is 3.99. The van der Waals surface area contributed by atoms with Gasteiger partial charge in [-0.3, -0.25) is 0 Å². The molecule has 2 heteroatoms. The van der Waals surface area contributed by atoms with Gasteiger partial charge in [0.25, 0.3) is 0 Å². The van der Waals surface area contributed by atoms with Crippen LogP contribution in [-0.2, 0) is 0 Å². The highest BCUT2D eigenvalue weighted by molar-refractivity contribution is 7.03. The number of hydrogen-bond donors (Lipinski definition) is 0.